The number of β-amino-alcohol motifs (C(OH)–C–C–N with tert-alkyl or cyclic N) is 1. The molecule has 7 heteroatoms. The normalized spacial score (nSPS) is 22.1. The molecule has 4 aromatic rings. The van der Waals surface area contributed by atoms with Crippen molar-refractivity contribution in [2.24, 2.45) is 0 Å². The number of hydrogen-bond donors (Lipinski definition) is 2. The number of aromatic nitrogens is 1. The molecule has 1 saturated heterocycles. The van der Waals surface area contributed by atoms with Crippen molar-refractivity contribution in [2.75, 3.05) is 26.7 Å². The Labute approximate surface area is 215 Å². The first-order chi connectivity index (χ1) is 17.9. The Morgan fingerprint density at radius 2 is 1.73 bits per heavy atom. The summed E-state index contributed by atoms with van der Waals surface area (Å²) in [4.78, 5) is 34.5. The molecule has 0 spiro atoms. The van der Waals surface area contributed by atoms with Crippen molar-refractivity contribution >= 4 is 22.7 Å². The van der Waals surface area contributed by atoms with Gasteiger partial charge in [-0.25, -0.2) is 0 Å². The quantitative estimate of drug-likeness (QED) is 0.439. The van der Waals surface area contributed by atoms with Gasteiger partial charge in [0.15, 0.2) is 5.54 Å². The highest BCUT2D eigenvalue weighted by Gasteiger charge is 2.56. The summed E-state index contributed by atoms with van der Waals surface area (Å²) in [7, 11) is 1.65. The molecule has 3 aromatic carbocycles. The van der Waals surface area contributed by atoms with E-state index >= 15 is 0 Å². The molecule has 188 valence electrons. The summed E-state index contributed by atoms with van der Waals surface area (Å²) in [6.45, 7) is 2.14. The van der Waals surface area contributed by atoms with Crippen LogP contribution in [0.3, 0.4) is 0 Å². The Kier molecular flexibility index (Phi) is 5.53. The highest BCUT2D eigenvalue weighted by molar-refractivity contribution is 6.01. The number of nitrogens with zero attached hydrogens (tertiary/aromatic N) is 2. The third-order valence-corrected chi connectivity index (χ3v) is 7.91. The van der Waals surface area contributed by atoms with Crippen LogP contribution in [0.15, 0.2) is 78.9 Å². The zero-order valence-electron chi connectivity index (χ0n) is 20.8. The summed E-state index contributed by atoms with van der Waals surface area (Å²) in [5, 5.41) is 11.9. The van der Waals surface area contributed by atoms with Gasteiger partial charge >= 0.3 is 0 Å². The number of rotatable bonds is 5. The fourth-order valence-electron chi connectivity index (χ4n) is 6.05. The number of methoxy groups -OCH3 is 1. The first-order valence-electron chi connectivity index (χ1n) is 12.5. The standard InChI is InChI=1S/C30H29N3O4/c1-30-28-27(21-13-6-8-14-23(21)31-28)22(20-12-7-9-15-25(20)37-2)16-33(30)26(35)18-32(29(30)36)17-24(34)19-10-4-3-5-11-19/h3-15,22,24,31,34H,16-18H2,1-2H3/t22-,24+,30+/m1/s1. The number of carbonyl (C=O) groups excluding carboxylic acids is 2. The molecule has 3 atom stereocenters. The van der Waals surface area contributed by atoms with Crippen molar-refractivity contribution in [3.05, 3.63) is 101 Å². The van der Waals surface area contributed by atoms with E-state index in [0.717, 1.165) is 27.8 Å². The molecule has 2 amide bonds. The number of nitrogens with one attached hydrogen (secondary N) is 1. The summed E-state index contributed by atoms with van der Waals surface area (Å²) in [5.41, 5.74) is 3.09. The van der Waals surface area contributed by atoms with Gasteiger partial charge in [-0.1, -0.05) is 66.7 Å². The van der Waals surface area contributed by atoms with Crippen molar-refractivity contribution < 1.29 is 19.4 Å². The highest BCUT2D eigenvalue weighted by atomic mass is 16.5. The molecule has 2 aliphatic rings. The molecular weight excluding hydrogens is 466 g/mol. The number of hydrogen-bond acceptors (Lipinski definition) is 4. The summed E-state index contributed by atoms with van der Waals surface area (Å²) >= 11 is 0. The van der Waals surface area contributed by atoms with Gasteiger partial charge in [0.05, 0.1) is 32.0 Å². The van der Waals surface area contributed by atoms with Crippen LogP contribution in [-0.2, 0) is 15.1 Å². The van der Waals surface area contributed by atoms with E-state index in [1.807, 2.05) is 79.7 Å². The van der Waals surface area contributed by atoms with E-state index in [4.69, 9.17) is 4.74 Å². The zero-order valence-corrected chi connectivity index (χ0v) is 20.8. The lowest BCUT2D eigenvalue weighted by Crippen LogP contribution is -2.67. The fourth-order valence-corrected chi connectivity index (χ4v) is 6.05. The van der Waals surface area contributed by atoms with E-state index in [1.165, 1.54) is 4.90 Å². The monoisotopic (exact) mass is 495 g/mol. The van der Waals surface area contributed by atoms with Crippen molar-refractivity contribution in [2.45, 2.75) is 24.5 Å². The Morgan fingerprint density at radius 1 is 1.03 bits per heavy atom. The van der Waals surface area contributed by atoms with Gasteiger partial charge in [-0.15, -0.1) is 0 Å². The number of aliphatic hydroxyl groups is 1. The second-order valence-electron chi connectivity index (χ2n) is 9.94. The first-order valence-corrected chi connectivity index (χ1v) is 12.5. The molecule has 1 aromatic heterocycles. The van der Waals surface area contributed by atoms with Crippen LogP contribution >= 0.6 is 0 Å². The molecule has 0 unspecified atom stereocenters. The largest absolute Gasteiger partial charge is 0.496 e. The molecule has 1 fully saturated rings. The summed E-state index contributed by atoms with van der Waals surface area (Å²) in [6.07, 6.45) is -0.889. The number of H-pyrrole nitrogens is 1. The average Bonchev–Trinajstić information content (AvgIpc) is 3.33. The summed E-state index contributed by atoms with van der Waals surface area (Å²) in [6, 6.07) is 25.1. The second kappa shape index (κ2) is 8.78. The average molecular weight is 496 g/mol. The lowest BCUT2D eigenvalue weighted by Gasteiger charge is -2.51. The lowest BCUT2D eigenvalue weighted by molar-refractivity contribution is -0.167. The zero-order chi connectivity index (χ0) is 25.7. The third-order valence-electron chi connectivity index (χ3n) is 7.91. The third kappa shape index (κ3) is 3.53. The van der Waals surface area contributed by atoms with Crippen molar-refractivity contribution in [1.29, 1.82) is 0 Å². The number of fused-ring (bicyclic) bond motifs is 5. The van der Waals surface area contributed by atoms with Crippen LogP contribution in [0, 0.1) is 0 Å². The maximum atomic E-state index is 14.2. The number of aliphatic hydroxyl groups excluding tert-OH is 1. The minimum Gasteiger partial charge on any atom is -0.496 e. The van der Waals surface area contributed by atoms with Gasteiger partial charge < -0.3 is 24.6 Å². The topological polar surface area (TPSA) is 85.9 Å². The van der Waals surface area contributed by atoms with E-state index in [2.05, 4.69) is 11.1 Å². The van der Waals surface area contributed by atoms with Gasteiger partial charge in [0, 0.05) is 28.9 Å². The van der Waals surface area contributed by atoms with Crippen LogP contribution in [-0.4, -0.2) is 58.4 Å². The van der Waals surface area contributed by atoms with Crippen molar-refractivity contribution in [3.8, 4) is 5.75 Å². The Morgan fingerprint density at radius 3 is 2.51 bits per heavy atom. The molecule has 7 nitrogen and oxygen atoms in total. The highest BCUT2D eigenvalue weighted by Crippen LogP contribution is 2.49. The SMILES string of the molecule is COc1ccccc1[C@H]1CN2C(=O)CN(C[C@H](O)c3ccccc3)C(=O)[C@]2(C)c2[nH]c3ccccc3c21. The van der Waals surface area contributed by atoms with Gasteiger partial charge in [0.1, 0.15) is 5.75 Å². The van der Waals surface area contributed by atoms with Crippen LogP contribution in [0.1, 0.15) is 41.3 Å². The molecule has 0 saturated carbocycles. The molecule has 0 radical (unpaired) electrons. The minimum absolute atomic E-state index is 0.0452. The maximum absolute atomic E-state index is 14.2. The Balaban J connectivity index is 1.48. The molecule has 37 heavy (non-hydrogen) atoms. The van der Waals surface area contributed by atoms with Crippen molar-refractivity contribution in [1.82, 2.24) is 14.8 Å². The smallest absolute Gasteiger partial charge is 0.255 e. The van der Waals surface area contributed by atoms with Gasteiger partial charge in [-0.3, -0.25) is 9.59 Å². The van der Waals surface area contributed by atoms with Crippen LogP contribution in [0.25, 0.3) is 10.9 Å². The van der Waals surface area contributed by atoms with Gasteiger partial charge in [-0.05, 0) is 30.2 Å². The second-order valence-corrected chi connectivity index (χ2v) is 9.94. The lowest BCUT2D eigenvalue weighted by atomic mass is 9.76. The molecular formula is C30H29N3O4. The predicted octanol–water partition coefficient (Wildman–Crippen LogP) is 3.94. The maximum Gasteiger partial charge on any atom is 0.255 e. The van der Waals surface area contributed by atoms with Crippen LogP contribution in [0.5, 0.6) is 5.75 Å². The molecule has 6 rings (SSSR count). The van der Waals surface area contributed by atoms with Crippen LogP contribution in [0.2, 0.25) is 0 Å². The number of amides is 2. The molecule has 0 aliphatic carbocycles. The number of ether oxygens (including phenoxy) is 1. The van der Waals surface area contributed by atoms with Crippen molar-refractivity contribution in [3.63, 3.8) is 0 Å². The molecule has 2 N–H and O–H groups in total. The number of para-hydroxylation sites is 2. The van der Waals surface area contributed by atoms with Crippen LogP contribution < -0.4 is 4.74 Å². The fraction of sp³-hybridized carbons (Fsp3) is 0.267. The number of carbonyl (C=O) groups is 2. The summed E-state index contributed by atoms with van der Waals surface area (Å²) in [5.74, 6) is 0.226. The van der Waals surface area contributed by atoms with E-state index in [9.17, 15) is 14.7 Å². The molecule has 3 heterocycles. The van der Waals surface area contributed by atoms with E-state index < -0.39 is 11.6 Å². The summed E-state index contributed by atoms with van der Waals surface area (Å²) < 4.78 is 5.70. The number of piperazine rings is 1. The van der Waals surface area contributed by atoms with E-state index in [-0.39, 0.29) is 30.8 Å². The number of benzene rings is 3. The Hall–Kier alpha value is -4.10. The Bertz CT molecular complexity index is 1500. The van der Waals surface area contributed by atoms with E-state index in [0.29, 0.717) is 17.8 Å². The molecule has 2 aliphatic heterocycles. The van der Waals surface area contributed by atoms with Gasteiger partial charge in [0.2, 0.25) is 5.91 Å². The van der Waals surface area contributed by atoms with Gasteiger partial charge in [0.25, 0.3) is 5.91 Å². The predicted molar refractivity (Wildman–Crippen MR) is 140 cm³/mol. The first kappa shape index (κ1) is 23.3. The van der Waals surface area contributed by atoms with E-state index in [1.54, 1.807) is 12.0 Å². The minimum atomic E-state index is -1.22. The van der Waals surface area contributed by atoms with Gasteiger partial charge in [-0.2, -0.15) is 0 Å². The number of aromatic amines is 1. The molecule has 0 bridgehead atoms. The van der Waals surface area contributed by atoms with Crippen LogP contribution in [0.4, 0.5) is 0 Å².